The highest BCUT2D eigenvalue weighted by Crippen LogP contribution is 2.46. The molecule has 0 radical (unpaired) electrons. The van der Waals surface area contributed by atoms with Crippen molar-refractivity contribution >= 4 is 11.8 Å². The van der Waals surface area contributed by atoms with Crippen molar-refractivity contribution in [3.63, 3.8) is 0 Å². The summed E-state index contributed by atoms with van der Waals surface area (Å²) < 4.78 is 22.8. The quantitative estimate of drug-likeness (QED) is 0.553. The second kappa shape index (κ2) is 9.00. The van der Waals surface area contributed by atoms with Crippen LogP contribution in [0.3, 0.4) is 0 Å². The summed E-state index contributed by atoms with van der Waals surface area (Å²) in [6.07, 6.45) is 1.75. The number of ketones is 1. The predicted octanol–water partition coefficient (Wildman–Crippen LogP) is 5.00. The highest BCUT2D eigenvalue weighted by atomic mass is 16.6. The Bertz CT molecular complexity index is 992. The molecule has 0 heterocycles. The SMILES string of the molecule is CCC(C)OC(=O)C(C)(C)Oc1c(-c2ccc3c(c2)CCC3=O)ccc(OC)c1OC. The van der Waals surface area contributed by atoms with Crippen LogP contribution in [0.4, 0.5) is 0 Å². The Morgan fingerprint density at radius 3 is 2.39 bits per heavy atom. The van der Waals surface area contributed by atoms with Crippen molar-refractivity contribution in [3.8, 4) is 28.4 Å². The Balaban J connectivity index is 2.08. The van der Waals surface area contributed by atoms with Crippen LogP contribution < -0.4 is 14.2 Å². The average molecular weight is 427 g/mol. The van der Waals surface area contributed by atoms with Crippen LogP contribution in [0.15, 0.2) is 30.3 Å². The molecule has 6 heteroatoms. The maximum absolute atomic E-state index is 12.8. The van der Waals surface area contributed by atoms with E-state index in [1.165, 1.54) is 7.11 Å². The molecule has 0 aliphatic heterocycles. The molecular formula is C25H30O6. The van der Waals surface area contributed by atoms with E-state index in [-0.39, 0.29) is 11.9 Å². The van der Waals surface area contributed by atoms with Gasteiger partial charge in [0.1, 0.15) is 0 Å². The Hall–Kier alpha value is -3.02. The van der Waals surface area contributed by atoms with Crippen molar-refractivity contribution in [1.29, 1.82) is 0 Å². The molecule has 0 spiro atoms. The first-order chi connectivity index (χ1) is 14.7. The molecule has 2 aromatic carbocycles. The molecule has 0 saturated heterocycles. The van der Waals surface area contributed by atoms with Crippen LogP contribution in [-0.4, -0.2) is 37.7 Å². The number of hydrogen-bond acceptors (Lipinski definition) is 6. The van der Waals surface area contributed by atoms with Crippen LogP contribution in [-0.2, 0) is 16.0 Å². The minimum Gasteiger partial charge on any atom is -0.493 e. The molecule has 2 aromatic rings. The number of methoxy groups -OCH3 is 2. The molecular weight excluding hydrogens is 396 g/mol. The summed E-state index contributed by atoms with van der Waals surface area (Å²) in [6.45, 7) is 7.13. The van der Waals surface area contributed by atoms with Gasteiger partial charge < -0.3 is 18.9 Å². The van der Waals surface area contributed by atoms with Crippen LogP contribution in [0, 0.1) is 0 Å². The Morgan fingerprint density at radius 2 is 1.74 bits per heavy atom. The smallest absolute Gasteiger partial charge is 0.350 e. The van der Waals surface area contributed by atoms with Crippen molar-refractivity contribution in [2.45, 2.75) is 58.7 Å². The standard InChI is InChI=1S/C25H30O6/c1-7-15(2)30-24(27)25(3,4)31-22-19(11-13-21(28-5)23(22)29-6)17-8-10-18-16(14-17)9-12-20(18)26/h8,10-11,13-15H,7,9,12H2,1-6H3. The first-order valence-electron chi connectivity index (χ1n) is 10.5. The van der Waals surface area contributed by atoms with Gasteiger partial charge in [-0.05, 0) is 56.9 Å². The fourth-order valence-electron chi connectivity index (χ4n) is 3.56. The van der Waals surface area contributed by atoms with E-state index in [1.807, 2.05) is 38.1 Å². The molecule has 166 valence electrons. The van der Waals surface area contributed by atoms with Gasteiger partial charge in [0.15, 0.2) is 22.9 Å². The van der Waals surface area contributed by atoms with Gasteiger partial charge in [0, 0.05) is 17.5 Å². The summed E-state index contributed by atoms with van der Waals surface area (Å²) in [5.74, 6) is 0.971. The number of ether oxygens (including phenoxy) is 4. The number of aryl methyl sites for hydroxylation is 1. The minimum absolute atomic E-state index is 0.166. The lowest BCUT2D eigenvalue weighted by Crippen LogP contribution is -2.41. The van der Waals surface area contributed by atoms with Gasteiger partial charge in [-0.3, -0.25) is 4.79 Å². The number of benzene rings is 2. The summed E-state index contributed by atoms with van der Waals surface area (Å²) in [4.78, 5) is 24.8. The molecule has 1 unspecified atom stereocenters. The van der Waals surface area contributed by atoms with Crippen LogP contribution >= 0.6 is 0 Å². The molecule has 1 atom stereocenters. The van der Waals surface area contributed by atoms with Gasteiger partial charge in [0.25, 0.3) is 0 Å². The lowest BCUT2D eigenvalue weighted by atomic mass is 9.98. The molecule has 31 heavy (non-hydrogen) atoms. The summed E-state index contributed by atoms with van der Waals surface area (Å²) in [5.41, 5.74) is 2.13. The van der Waals surface area contributed by atoms with Gasteiger partial charge in [-0.15, -0.1) is 0 Å². The number of fused-ring (bicyclic) bond motifs is 1. The van der Waals surface area contributed by atoms with Crippen molar-refractivity contribution in [2.75, 3.05) is 14.2 Å². The molecule has 1 aliphatic carbocycles. The zero-order chi connectivity index (χ0) is 22.8. The van der Waals surface area contributed by atoms with Crippen molar-refractivity contribution in [3.05, 3.63) is 41.5 Å². The molecule has 0 saturated carbocycles. The number of hydrogen-bond donors (Lipinski definition) is 0. The van der Waals surface area contributed by atoms with Crippen LogP contribution in [0.2, 0.25) is 0 Å². The normalized spacial score (nSPS) is 14.1. The number of carbonyl (C=O) groups excluding carboxylic acids is 2. The van der Waals surface area contributed by atoms with E-state index in [0.717, 1.165) is 28.7 Å². The van der Waals surface area contributed by atoms with Crippen molar-refractivity contribution in [2.24, 2.45) is 0 Å². The van der Waals surface area contributed by atoms with Gasteiger partial charge in [-0.2, -0.15) is 0 Å². The fourth-order valence-corrected chi connectivity index (χ4v) is 3.56. The highest BCUT2D eigenvalue weighted by molar-refractivity contribution is 6.01. The van der Waals surface area contributed by atoms with E-state index in [4.69, 9.17) is 18.9 Å². The maximum atomic E-state index is 12.8. The van der Waals surface area contributed by atoms with Crippen LogP contribution in [0.25, 0.3) is 11.1 Å². The Kier molecular flexibility index (Phi) is 6.58. The van der Waals surface area contributed by atoms with Crippen LogP contribution in [0.1, 0.15) is 56.5 Å². The molecule has 1 aliphatic rings. The molecule has 0 amide bonds. The zero-order valence-corrected chi connectivity index (χ0v) is 19.0. The summed E-state index contributed by atoms with van der Waals surface area (Å²) >= 11 is 0. The molecule has 0 fully saturated rings. The van der Waals surface area contributed by atoms with E-state index in [2.05, 4.69) is 0 Å². The lowest BCUT2D eigenvalue weighted by Gasteiger charge is -2.28. The highest BCUT2D eigenvalue weighted by Gasteiger charge is 2.35. The third kappa shape index (κ3) is 4.53. The summed E-state index contributed by atoms with van der Waals surface area (Å²) in [6, 6.07) is 9.40. The van der Waals surface area contributed by atoms with E-state index >= 15 is 0 Å². The molecule has 6 nitrogen and oxygen atoms in total. The minimum atomic E-state index is -1.26. The van der Waals surface area contributed by atoms with Gasteiger partial charge in [-0.25, -0.2) is 4.79 Å². The second-order valence-corrected chi connectivity index (χ2v) is 8.21. The Morgan fingerprint density at radius 1 is 1.03 bits per heavy atom. The van der Waals surface area contributed by atoms with E-state index in [0.29, 0.717) is 30.1 Å². The van der Waals surface area contributed by atoms with Crippen LogP contribution in [0.5, 0.6) is 17.2 Å². The van der Waals surface area contributed by atoms with Crippen molar-refractivity contribution in [1.82, 2.24) is 0 Å². The van der Waals surface area contributed by atoms with Crippen molar-refractivity contribution < 1.29 is 28.5 Å². The Labute approximate surface area is 183 Å². The number of Topliss-reactive ketones (excluding diaryl/α,β-unsaturated/α-hetero) is 1. The van der Waals surface area contributed by atoms with E-state index in [1.54, 1.807) is 27.0 Å². The zero-order valence-electron chi connectivity index (χ0n) is 19.0. The number of rotatable bonds is 8. The number of esters is 1. The first-order valence-corrected chi connectivity index (χ1v) is 10.5. The van der Waals surface area contributed by atoms with Gasteiger partial charge >= 0.3 is 5.97 Å². The largest absolute Gasteiger partial charge is 0.493 e. The lowest BCUT2D eigenvalue weighted by molar-refractivity contribution is -0.164. The van der Waals surface area contributed by atoms with Gasteiger partial charge in [-0.1, -0.05) is 25.1 Å². The third-order valence-corrected chi connectivity index (χ3v) is 5.57. The monoisotopic (exact) mass is 426 g/mol. The average Bonchev–Trinajstić information content (AvgIpc) is 3.12. The van der Waals surface area contributed by atoms with Gasteiger partial charge in [0.2, 0.25) is 5.75 Å². The maximum Gasteiger partial charge on any atom is 0.350 e. The number of carbonyl (C=O) groups is 2. The molecule has 3 rings (SSSR count). The summed E-state index contributed by atoms with van der Waals surface area (Å²) in [5, 5.41) is 0. The topological polar surface area (TPSA) is 71.1 Å². The van der Waals surface area contributed by atoms with E-state index < -0.39 is 11.6 Å². The fraction of sp³-hybridized carbons (Fsp3) is 0.440. The third-order valence-electron chi connectivity index (χ3n) is 5.57. The predicted molar refractivity (Wildman–Crippen MR) is 118 cm³/mol. The molecule has 0 N–H and O–H groups in total. The summed E-state index contributed by atoms with van der Waals surface area (Å²) in [7, 11) is 3.07. The molecule has 0 bridgehead atoms. The molecule has 0 aromatic heterocycles. The second-order valence-electron chi connectivity index (χ2n) is 8.21. The van der Waals surface area contributed by atoms with Gasteiger partial charge in [0.05, 0.1) is 20.3 Å². The van der Waals surface area contributed by atoms with E-state index in [9.17, 15) is 9.59 Å². The first kappa shape index (κ1) is 22.7.